The number of nitrogens with two attached hydrogens (primary N) is 3. The molecule has 0 bridgehead atoms. The molecule has 23 nitrogen and oxygen atoms in total. The molecule has 488 valence electrons. The van der Waals surface area contributed by atoms with Crippen molar-refractivity contribution in [1.82, 2.24) is 28.9 Å². The van der Waals surface area contributed by atoms with E-state index < -0.39 is 50.6 Å². The fraction of sp³-hybridized carbons (Fsp3) is 0.188. The third-order valence-electron chi connectivity index (χ3n) is 11.7. The number of nitrogen functional groups attached to an aromatic ring is 3. The molecule has 0 aliphatic rings. The highest BCUT2D eigenvalue weighted by Gasteiger charge is 2.20. The van der Waals surface area contributed by atoms with Crippen LogP contribution in [0.2, 0.25) is 0 Å². The van der Waals surface area contributed by atoms with Crippen LogP contribution < -0.4 is 50.1 Å². The number of rotatable bonds is 14. The largest absolute Gasteiger partial charge is 0.444 e. The van der Waals surface area contributed by atoms with E-state index in [2.05, 4.69) is 10.6 Å². The number of hydrogen-bond acceptors (Lipinski definition) is 17. The van der Waals surface area contributed by atoms with Gasteiger partial charge in [-0.1, -0.05) is 24.3 Å². The lowest BCUT2D eigenvalue weighted by molar-refractivity contribution is -0.387. The summed E-state index contributed by atoms with van der Waals surface area (Å²) in [6, 6.07) is 41.2. The molecule has 93 heavy (non-hydrogen) atoms. The number of benzene rings is 5. The lowest BCUT2D eigenvalue weighted by atomic mass is 10.2. The van der Waals surface area contributed by atoms with Gasteiger partial charge in [0.25, 0.3) is 27.9 Å². The van der Waals surface area contributed by atoms with Crippen molar-refractivity contribution in [2.45, 2.75) is 62.5 Å². The first-order chi connectivity index (χ1) is 43.9. The van der Waals surface area contributed by atoms with Crippen LogP contribution in [0.3, 0.4) is 0 Å². The summed E-state index contributed by atoms with van der Waals surface area (Å²) >= 11 is 4.76. The molecule has 9 rings (SSSR count). The number of alkyl carbamates (subject to hydrolysis) is 2. The second-order valence-electron chi connectivity index (χ2n) is 21.1. The first-order valence-electron chi connectivity index (χ1n) is 27.7. The lowest BCUT2D eigenvalue weighted by Gasteiger charge is -2.19. The molecule has 5 aromatic carbocycles. The first-order valence-corrected chi connectivity index (χ1v) is 30.7. The highest BCUT2D eigenvalue weighted by Crippen LogP contribution is 2.31. The van der Waals surface area contributed by atoms with Gasteiger partial charge < -0.3 is 37.3 Å². The van der Waals surface area contributed by atoms with Crippen molar-refractivity contribution in [3.05, 3.63) is 271 Å². The minimum atomic E-state index is -0.969. The average Bonchev–Trinajstić information content (AvgIpc) is 0.978. The molecule has 0 fully saturated rings. The maximum atomic E-state index is 13.4. The van der Waals surface area contributed by atoms with Gasteiger partial charge in [-0.2, -0.15) is 4.39 Å². The molecule has 29 heteroatoms. The van der Waals surface area contributed by atoms with Gasteiger partial charge in [-0.25, -0.2) is 18.4 Å². The number of amides is 2. The predicted molar refractivity (Wildman–Crippen MR) is 364 cm³/mol. The molecule has 9 aromatic rings. The number of hydrogen-bond donors (Lipinski definition) is 5. The van der Waals surface area contributed by atoms with Gasteiger partial charge in [-0.05, 0) is 155 Å². The molecule has 0 radical (unpaired) electrons. The number of thioether (sulfide) groups is 2. The van der Waals surface area contributed by atoms with Crippen LogP contribution in [-0.4, -0.2) is 76.1 Å². The Morgan fingerprint density at radius 3 is 1.16 bits per heavy atom. The maximum Gasteiger partial charge on any atom is 0.407 e. The summed E-state index contributed by atoms with van der Waals surface area (Å²) in [6.45, 7) is 11.5. The second-order valence-corrected chi connectivity index (χ2v) is 24.6. The molecule has 0 saturated heterocycles. The van der Waals surface area contributed by atoms with Gasteiger partial charge in [0.15, 0.2) is 0 Å². The summed E-state index contributed by atoms with van der Waals surface area (Å²) < 4.78 is 55.7. The van der Waals surface area contributed by atoms with Gasteiger partial charge in [-0.15, -0.1) is 23.5 Å². The number of aromatic nitrogens is 4. The van der Waals surface area contributed by atoms with Crippen LogP contribution in [0.25, 0.3) is 22.7 Å². The molecule has 0 spiro atoms. The van der Waals surface area contributed by atoms with Crippen LogP contribution in [0.5, 0.6) is 0 Å². The van der Waals surface area contributed by atoms with E-state index in [1.807, 2.05) is 49.4 Å². The van der Waals surface area contributed by atoms with Crippen molar-refractivity contribution in [1.29, 1.82) is 0 Å². The Morgan fingerprint density at radius 1 is 0.473 bits per heavy atom. The SMILES string of the molecule is CC(C)(C)OC(=O)NCCSc1cc(-n2ccccc2=O)ccc1N.CC(C)(C)OC(=O)NCCSc1cc(-n2ccccc2=O)ccc1[N+](=O)[O-].Nc1ccc(-n2ccccc2=O)cc1F.Nc1ccc(I)cc1F.O=c1ccccn1-c1ccc([N+](=O)[O-])c(F)c1. The van der Waals surface area contributed by atoms with Crippen molar-refractivity contribution in [2.75, 3.05) is 41.8 Å². The zero-order valence-corrected chi connectivity index (χ0v) is 54.7. The summed E-state index contributed by atoms with van der Waals surface area (Å²) in [5.74, 6) is -0.794. The molecule has 4 heterocycles. The minimum absolute atomic E-state index is 0.0509. The number of carbonyl (C=O) groups is 2. The van der Waals surface area contributed by atoms with Crippen molar-refractivity contribution < 1.29 is 42.1 Å². The number of nitro benzene ring substituents is 2. The van der Waals surface area contributed by atoms with Crippen LogP contribution in [0.4, 0.5) is 51.2 Å². The predicted octanol–water partition coefficient (Wildman–Crippen LogP) is 11.9. The first kappa shape index (κ1) is 73.6. The number of nitro groups is 2. The average molecular weight is 1430 g/mol. The number of anilines is 3. The molecular weight excluding hydrogens is 1360 g/mol. The summed E-state index contributed by atoms with van der Waals surface area (Å²) in [6.07, 6.45) is 5.37. The molecule has 0 saturated carbocycles. The lowest BCUT2D eigenvalue weighted by Crippen LogP contribution is -2.33. The van der Waals surface area contributed by atoms with Gasteiger partial charge in [0.2, 0.25) is 5.82 Å². The van der Waals surface area contributed by atoms with E-state index in [1.165, 1.54) is 104 Å². The standard InChI is InChI=1S/C18H21N3O5S.C18H23N3O3S.C11H7FN2O3.C11H9FN2O.C6H5FIN/c1-18(2,3)26-17(23)19-9-11-27-15-12-13(7-8-14(15)21(24)25)20-10-5-4-6-16(20)22;1-18(2,3)24-17(23)20-9-11-25-15-12-13(7-8-14(15)19)21-10-5-4-6-16(21)22;12-9-7-8(4-5-10(9)14(16)17)13-6-2-1-3-11(13)15;12-9-7-8(4-5-10(9)13)14-6-2-1-3-11(14)15;7-5-3-4(8)1-2-6(5)9/h4-8,10,12H,9,11H2,1-3H3,(H,19,23);4-8,10,12H,9,11,19H2,1-3H3,(H,20,23);1-7H;1-7H,13H2;1-3H,9H2. The van der Waals surface area contributed by atoms with Crippen LogP contribution in [0.1, 0.15) is 41.5 Å². The zero-order valence-electron chi connectivity index (χ0n) is 50.9. The molecule has 0 aliphatic carbocycles. The Labute approximate surface area is 552 Å². The number of nitrogens with zero attached hydrogens (tertiary/aromatic N) is 6. The molecule has 8 N–H and O–H groups in total. The van der Waals surface area contributed by atoms with Gasteiger partial charge in [0.1, 0.15) is 22.8 Å². The van der Waals surface area contributed by atoms with Gasteiger partial charge in [-0.3, -0.25) is 57.7 Å². The molecule has 0 atom stereocenters. The Kier molecular flexibility index (Phi) is 27.6. The van der Waals surface area contributed by atoms with E-state index in [4.69, 9.17) is 26.7 Å². The molecular formula is C64H65F3IN11O12S2. The molecule has 0 aliphatic heterocycles. The third-order valence-corrected chi connectivity index (χ3v) is 14.5. The number of ether oxygens (including phenoxy) is 2. The van der Waals surface area contributed by atoms with E-state index in [0.717, 1.165) is 26.3 Å². The summed E-state index contributed by atoms with van der Waals surface area (Å²) in [4.78, 5) is 91.7. The van der Waals surface area contributed by atoms with Crippen LogP contribution in [0.15, 0.2) is 218 Å². The normalized spacial score (nSPS) is 10.6. The number of nitrogens with one attached hydrogen (secondary N) is 2. The monoisotopic (exact) mass is 1430 g/mol. The Hall–Kier alpha value is -10.1. The van der Waals surface area contributed by atoms with E-state index in [-0.39, 0.29) is 57.3 Å². The van der Waals surface area contributed by atoms with Crippen molar-refractivity contribution in [3.8, 4) is 22.7 Å². The van der Waals surface area contributed by atoms with Crippen molar-refractivity contribution >= 4 is 86.7 Å². The summed E-state index contributed by atoms with van der Waals surface area (Å²) in [5.41, 5.74) is 16.8. The Balaban J connectivity index is 0.000000219. The van der Waals surface area contributed by atoms with E-state index >= 15 is 0 Å². The summed E-state index contributed by atoms with van der Waals surface area (Å²) in [7, 11) is 0. The van der Waals surface area contributed by atoms with Crippen LogP contribution >= 0.6 is 46.1 Å². The molecule has 0 unspecified atom stereocenters. The third kappa shape index (κ3) is 24.2. The minimum Gasteiger partial charge on any atom is -0.444 e. The Morgan fingerprint density at radius 2 is 0.806 bits per heavy atom. The van der Waals surface area contributed by atoms with Gasteiger partial charge in [0.05, 0.1) is 43.2 Å². The van der Waals surface area contributed by atoms with Crippen molar-refractivity contribution in [3.63, 3.8) is 0 Å². The molecule has 4 aromatic heterocycles. The number of halogens is 4. The highest BCUT2D eigenvalue weighted by molar-refractivity contribution is 14.1. The maximum absolute atomic E-state index is 13.4. The van der Waals surface area contributed by atoms with E-state index in [9.17, 15) is 62.2 Å². The Bertz CT molecular complexity index is 4330. The van der Waals surface area contributed by atoms with E-state index in [0.29, 0.717) is 40.0 Å². The quantitative estimate of drug-likeness (QED) is 0.0169. The smallest absolute Gasteiger partial charge is 0.407 e. The zero-order chi connectivity index (χ0) is 68.6. The topological polar surface area (TPSA) is 329 Å². The fourth-order valence-corrected chi connectivity index (χ4v) is 9.73. The van der Waals surface area contributed by atoms with E-state index in [1.54, 1.807) is 129 Å². The van der Waals surface area contributed by atoms with Crippen LogP contribution in [-0.2, 0) is 9.47 Å². The van der Waals surface area contributed by atoms with Gasteiger partial charge in [0, 0.05) is 118 Å². The number of pyridine rings is 4. The summed E-state index contributed by atoms with van der Waals surface area (Å²) in [5, 5.41) is 27.0. The molecule has 2 amide bonds. The van der Waals surface area contributed by atoms with Gasteiger partial charge >= 0.3 is 17.9 Å². The van der Waals surface area contributed by atoms with Crippen LogP contribution in [0, 0.1) is 41.3 Å². The van der Waals surface area contributed by atoms with Crippen molar-refractivity contribution in [2.24, 2.45) is 0 Å². The fourth-order valence-electron chi connectivity index (χ4n) is 7.50. The highest BCUT2D eigenvalue weighted by atomic mass is 127. The second kappa shape index (κ2) is 34.9. The number of carbonyl (C=O) groups excluding carboxylic acids is 2.